The molecule has 3 heteroatoms. The number of ether oxygens (including phenoxy) is 1. The molecule has 1 aromatic rings. The van der Waals surface area contributed by atoms with Gasteiger partial charge in [-0.3, -0.25) is 0 Å². The summed E-state index contributed by atoms with van der Waals surface area (Å²) in [7, 11) is 0. The van der Waals surface area contributed by atoms with Crippen molar-refractivity contribution in [3.05, 3.63) is 48.1 Å². The van der Waals surface area contributed by atoms with E-state index in [9.17, 15) is 4.79 Å². The zero-order valence-corrected chi connectivity index (χ0v) is 9.85. The Bertz CT molecular complexity index is 416. The first kappa shape index (κ1) is 13.0. The maximum atomic E-state index is 10.3. The molecule has 0 saturated heterocycles. The van der Waals surface area contributed by atoms with Gasteiger partial charge in [-0.25, -0.2) is 4.79 Å². The molecule has 0 bridgehead atoms. The van der Waals surface area contributed by atoms with Crippen molar-refractivity contribution in [2.75, 3.05) is 6.61 Å². The molecule has 0 fully saturated rings. The van der Waals surface area contributed by atoms with Crippen molar-refractivity contribution in [3.63, 3.8) is 0 Å². The molecule has 0 saturated carbocycles. The molecular formula is C14H16O3. The molecule has 3 nitrogen and oxygen atoms in total. The summed E-state index contributed by atoms with van der Waals surface area (Å²) in [4.78, 5) is 10.3. The Morgan fingerprint density at radius 2 is 2.06 bits per heavy atom. The van der Waals surface area contributed by atoms with Crippen LogP contribution in [-0.4, -0.2) is 17.7 Å². The van der Waals surface area contributed by atoms with Crippen molar-refractivity contribution in [1.29, 1.82) is 0 Å². The Labute approximate surface area is 101 Å². The fourth-order valence-corrected chi connectivity index (χ4v) is 1.13. The average Bonchev–Trinajstić information content (AvgIpc) is 2.34. The molecular weight excluding hydrogens is 216 g/mol. The zero-order chi connectivity index (χ0) is 12.7. The van der Waals surface area contributed by atoms with Gasteiger partial charge in [0.2, 0.25) is 0 Å². The van der Waals surface area contributed by atoms with Crippen LogP contribution in [0.1, 0.15) is 18.9 Å². The van der Waals surface area contributed by atoms with Crippen LogP contribution in [0.4, 0.5) is 0 Å². The van der Waals surface area contributed by atoms with Crippen molar-refractivity contribution >= 4 is 12.0 Å². The number of hydrogen-bond donors (Lipinski definition) is 1. The lowest BCUT2D eigenvalue weighted by Gasteiger charge is -2.06. The van der Waals surface area contributed by atoms with Crippen LogP contribution < -0.4 is 4.74 Å². The predicted molar refractivity (Wildman–Crippen MR) is 68.0 cm³/mol. The standard InChI is InChI=1S/C14H16O3/c1-3-11(2)10-17-13-7-4-12(5-8-13)6-9-14(15)16/h4-9H,2-3,10H2,1H3,(H,15,16). The van der Waals surface area contributed by atoms with E-state index >= 15 is 0 Å². The third-order valence-corrected chi connectivity index (χ3v) is 2.24. The first-order valence-corrected chi connectivity index (χ1v) is 5.42. The Morgan fingerprint density at radius 3 is 2.59 bits per heavy atom. The molecule has 0 radical (unpaired) electrons. The number of benzene rings is 1. The van der Waals surface area contributed by atoms with Gasteiger partial charge in [0, 0.05) is 6.08 Å². The second-order valence-corrected chi connectivity index (χ2v) is 3.63. The molecule has 0 spiro atoms. The Kier molecular flexibility index (Phi) is 5.01. The lowest BCUT2D eigenvalue weighted by molar-refractivity contribution is -0.131. The van der Waals surface area contributed by atoms with E-state index in [1.807, 2.05) is 31.2 Å². The summed E-state index contributed by atoms with van der Waals surface area (Å²) >= 11 is 0. The van der Waals surface area contributed by atoms with E-state index in [0.717, 1.165) is 29.4 Å². The SMILES string of the molecule is C=C(CC)COc1ccc(C=CC(=O)O)cc1. The molecule has 1 rings (SSSR count). The van der Waals surface area contributed by atoms with Crippen molar-refractivity contribution in [3.8, 4) is 5.75 Å². The smallest absolute Gasteiger partial charge is 0.328 e. The number of rotatable bonds is 6. The van der Waals surface area contributed by atoms with E-state index in [4.69, 9.17) is 9.84 Å². The summed E-state index contributed by atoms with van der Waals surface area (Å²) in [6.07, 6.45) is 3.55. The highest BCUT2D eigenvalue weighted by Crippen LogP contribution is 2.14. The normalized spacial score (nSPS) is 10.4. The minimum Gasteiger partial charge on any atom is -0.489 e. The number of carbonyl (C=O) groups is 1. The van der Waals surface area contributed by atoms with Crippen LogP contribution in [0.2, 0.25) is 0 Å². The minimum absolute atomic E-state index is 0.515. The summed E-state index contributed by atoms with van der Waals surface area (Å²) in [5, 5.41) is 8.48. The highest BCUT2D eigenvalue weighted by Gasteiger charge is 1.95. The van der Waals surface area contributed by atoms with Gasteiger partial charge in [0.25, 0.3) is 0 Å². The second-order valence-electron chi connectivity index (χ2n) is 3.63. The fourth-order valence-electron chi connectivity index (χ4n) is 1.13. The van der Waals surface area contributed by atoms with Gasteiger partial charge in [0.05, 0.1) is 0 Å². The van der Waals surface area contributed by atoms with E-state index in [1.165, 1.54) is 6.08 Å². The molecule has 0 aliphatic carbocycles. The van der Waals surface area contributed by atoms with Gasteiger partial charge < -0.3 is 9.84 Å². The molecule has 0 amide bonds. The first-order valence-electron chi connectivity index (χ1n) is 5.42. The van der Waals surface area contributed by atoms with E-state index in [-0.39, 0.29) is 0 Å². The van der Waals surface area contributed by atoms with Crippen LogP contribution in [0.3, 0.4) is 0 Å². The number of carboxylic acid groups (broad SMARTS) is 1. The van der Waals surface area contributed by atoms with Crippen LogP contribution >= 0.6 is 0 Å². The lowest BCUT2D eigenvalue weighted by Crippen LogP contribution is -1.99. The number of aliphatic carboxylic acids is 1. The summed E-state index contributed by atoms with van der Waals surface area (Å²) < 4.78 is 5.50. The Balaban J connectivity index is 2.56. The first-order chi connectivity index (χ1) is 8.11. The van der Waals surface area contributed by atoms with Gasteiger partial charge >= 0.3 is 5.97 Å². The van der Waals surface area contributed by atoms with E-state index < -0.39 is 5.97 Å². The van der Waals surface area contributed by atoms with Gasteiger partial charge in [-0.2, -0.15) is 0 Å². The van der Waals surface area contributed by atoms with Crippen LogP contribution in [0.5, 0.6) is 5.75 Å². The van der Waals surface area contributed by atoms with Gasteiger partial charge in [-0.15, -0.1) is 0 Å². The highest BCUT2D eigenvalue weighted by atomic mass is 16.5. The van der Waals surface area contributed by atoms with Crippen molar-refractivity contribution in [1.82, 2.24) is 0 Å². The van der Waals surface area contributed by atoms with E-state index in [2.05, 4.69) is 6.58 Å². The molecule has 90 valence electrons. The average molecular weight is 232 g/mol. The van der Waals surface area contributed by atoms with Gasteiger partial charge in [0.15, 0.2) is 0 Å². The summed E-state index contributed by atoms with van der Waals surface area (Å²) in [6.45, 7) is 6.40. The van der Waals surface area contributed by atoms with Crippen LogP contribution in [-0.2, 0) is 4.79 Å². The van der Waals surface area contributed by atoms with Crippen molar-refractivity contribution in [2.24, 2.45) is 0 Å². The summed E-state index contributed by atoms with van der Waals surface area (Å²) in [6, 6.07) is 7.24. The van der Waals surface area contributed by atoms with Gasteiger partial charge in [-0.1, -0.05) is 25.6 Å². The lowest BCUT2D eigenvalue weighted by atomic mass is 10.2. The highest BCUT2D eigenvalue weighted by molar-refractivity contribution is 5.85. The molecule has 0 heterocycles. The Hall–Kier alpha value is -2.03. The molecule has 1 aromatic carbocycles. The second kappa shape index (κ2) is 6.53. The molecule has 0 aliphatic rings. The minimum atomic E-state index is -0.954. The molecule has 17 heavy (non-hydrogen) atoms. The fraction of sp³-hybridized carbons (Fsp3) is 0.214. The van der Waals surface area contributed by atoms with E-state index in [0.29, 0.717) is 6.61 Å². The molecule has 0 atom stereocenters. The predicted octanol–water partition coefficient (Wildman–Crippen LogP) is 3.13. The molecule has 1 N–H and O–H groups in total. The topological polar surface area (TPSA) is 46.5 Å². The molecule has 0 unspecified atom stereocenters. The maximum Gasteiger partial charge on any atom is 0.328 e. The van der Waals surface area contributed by atoms with Crippen molar-refractivity contribution < 1.29 is 14.6 Å². The van der Waals surface area contributed by atoms with Crippen LogP contribution in [0, 0.1) is 0 Å². The number of hydrogen-bond acceptors (Lipinski definition) is 2. The third kappa shape index (κ3) is 5.02. The summed E-state index contributed by atoms with van der Waals surface area (Å²) in [5.41, 5.74) is 1.87. The maximum absolute atomic E-state index is 10.3. The van der Waals surface area contributed by atoms with Gasteiger partial charge in [-0.05, 0) is 35.8 Å². The summed E-state index contributed by atoms with van der Waals surface area (Å²) in [5.74, 6) is -0.198. The monoisotopic (exact) mass is 232 g/mol. The third-order valence-electron chi connectivity index (χ3n) is 2.24. The molecule has 0 aromatic heterocycles. The van der Waals surface area contributed by atoms with Crippen molar-refractivity contribution in [2.45, 2.75) is 13.3 Å². The Morgan fingerprint density at radius 1 is 1.41 bits per heavy atom. The largest absolute Gasteiger partial charge is 0.489 e. The number of carboxylic acids is 1. The zero-order valence-electron chi connectivity index (χ0n) is 9.85. The van der Waals surface area contributed by atoms with Gasteiger partial charge in [0.1, 0.15) is 12.4 Å². The van der Waals surface area contributed by atoms with Crippen LogP contribution in [0.25, 0.3) is 6.08 Å². The molecule has 0 aliphatic heterocycles. The quantitative estimate of drug-likeness (QED) is 0.605. The van der Waals surface area contributed by atoms with E-state index in [1.54, 1.807) is 0 Å². The van der Waals surface area contributed by atoms with Crippen LogP contribution in [0.15, 0.2) is 42.5 Å².